The minimum Gasteiger partial charge on any atom is -0.465 e. The molecule has 180 valence electrons. The molecular formula is C28H26ClFN2O3. The van der Waals surface area contributed by atoms with E-state index in [9.17, 15) is 14.0 Å². The second kappa shape index (κ2) is 9.00. The number of carbonyl (C=O) groups excluding carboxylic acids is 2. The Hall–Kier alpha value is -3.38. The highest BCUT2D eigenvalue weighted by Gasteiger charge is 2.53. The number of fused-ring (bicyclic) bond motifs is 2. The predicted octanol–water partition coefficient (Wildman–Crippen LogP) is 5.81. The van der Waals surface area contributed by atoms with Crippen LogP contribution < -0.4 is 10.2 Å². The molecule has 1 aliphatic heterocycles. The molecule has 5 rings (SSSR count). The van der Waals surface area contributed by atoms with Crippen molar-refractivity contribution in [2.45, 2.75) is 37.8 Å². The molecule has 1 spiro atoms. The maximum atomic E-state index is 14.7. The summed E-state index contributed by atoms with van der Waals surface area (Å²) in [7, 11) is 1.33. The number of anilines is 1. The summed E-state index contributed by atoms with van der Waals surface area (Å²) in [5, 5.41) is 3.66. The molecule has 1 saturated carbocycles. The van der Waals surface area contributed by atoms with E-state index in [0.717, 1.165) is 41.8 Å². The fourth-order valence-electron chi connectivity index (χ4n) is 5.00. The lowest BCUT2D eigenvalue weighted by Crippen LogP contribution is -2.30. The van der Waals surface area contributed by atoms with Crippen LogP contribution in [0.5, 0.6) is 0 Å². The van der Waals surface area contributed by atoms with Crippen molar-refractivity contribution in [2.75, 3.05) is 18.6 Å². The number of nitrogens with one attached hydrogen (secondary N) is 1. The van der Waals surface area contributed by atoms with Gasteiger partial charge in [-0.1, -0.05) is 35.9 Å². The summed E-state index contributed by atoms with van der Waals surface area (Å²) in [5.41, 5.74) is 4.27. The zero-order valence-corrected chi connectivity index (χ0v) is 20.4. The van der Waals surface area contributed by atoms with E-state index in [-0.39, 0.29) is 17.4 Å². The Morgan fingerprint density at radius 2 is 1.89 bits per heavy atom. The minimum absolute atomic E-state index is 0.0830. The van der Waals surface area contributed by atoms with E-state index in [1.165, 1.54) is 13.2 Å². The van der Waals surface area contributed by atoms with Gasteiger partial charge in [-0.15, -0.1) is 0 Å². The van der Waals surface area contributed by atoms with Gasteiger partial charge in [-0.25, -0.2) is 9.18 Å². The van der Waals surface area contributed by atoms with E-state index in [4.69, 9.17) is 16.3 Å². The number of methoxy groups -OCH3 is 1. The molecule has 35 heavy (non-hydrogen) atoms. The van der Waals surface area contributed by atoms with E-state index >= 15 is 0 Å². The molecule has 0 unspecified atom stereocenters. The van der Waals surface area contributed by atoms with Crippen molar-refractivity contribution in [3.63, 3.8) is 0 Å². The third-order valence-electron chi connectivity index (χ3n) is 7.00. The fraction of sp³-hybridized carbons (Fsp3) is 0.286. The van der Waals surface area contributed by atoms with Crippen molar-refractivity contribution in [1.82, 2.24) is 5.32 Å². The van der Waals surface area contributed by atoms with Crippen molar-refractivity contribution in [1.29, 1.82) is 0 Å². The topological polar surface area (TPSA) is 58.6 Å². The van der Waals surface area contributed by atoms with E-state index in [2.05, 4.69) is 10.2 Å². The highest BCUT2D eigenvalue weighted by molar-refractivity contribution is 6.30. The maximum Gasteiger partial charge on any atom is 0.337 e. The third-order valence-corrected chi connectivity index (χ3v) is 7.23. The summed E-state index contributed by atoms with van der Waals surface area (Å²) in [4.78, 5) is 27.3. The van der Waals surface area contributed by atoms with Crippen LogP contribution in [0.2, 0.25) is 5.02 Å². The first-order valence-electron chi connectivity index (χ1n) is 11.6. The number of ether oxygens (including phenoxy) is 1. The van der Waals surface area contributed by atoms with Gasteiger partial charge in [0.15, 0.2) is 0 Å². The second-order valence-electron chi connectivity index (χ2n) is 9.42. The smallest absolute Gasteiger partial charge is 0.337 e. The Balaban J connectivity index is 1.43. The van der Waals surface area contributed by atoms with Crippen LogP contribution in [0.1, 0.15) is 63.2 Å². The summed E-state index contributed by atoms with van der Waals surface area (Å²) in [5.74, 6) is -1.16. The molecule has 1 heterocycles. The number of esters is 1. The number of rotatable bonds is 6. The first-order valence-corrected chi connectivity index (χ1v) is 12.0. The average molecular weight is 493 g/mol. The normalized spacial score (nSPS) is 16.1. The summed E-state index contributed by atoms with van der Waals surface area (Å²) >= 11 is 6.19. The lowest BCUT2D eigenvalue weighted by Gasteiger charge is -2.23. The Morgan fingerprint density at radius 1 is 1.14 bits per heavy atom. The molecule has 3 aromatic carbocycles. The van der Waals surface area contributed by atoms with Crippen molar-refractivity contribution >= 4 is 29.2 Å². The number of hydrogen-bond acceptors (Lipinski definition) is 4. The van der Waals surface area contributed by atoms with Gasteiger partial charge in [-0.3, -0.25) is 4.79 Å². The Morgan fingerprint density at radius 3 is 2.54 bits per heavy atom. The molecule has 0 saturated heterocycles. The van der Waals surface area contributed by atoms with Crippen molar-refractivity contribution in [2.24, 2.45) is 0 Å². The highest BCUT2D eigenvalue weighted by atomic mass is 35.5. The molecule has 1 amide bonds. The first-order chi connectivity index (χ1) is 16.8. The van der Waals surface area contributed by atoms with E-state index in [0.29, 0.717) is 22.7 Å². The van der Waals surface area contributed by atoms with Crippen molar-refractivity contribution < 1.29 is 18.7 Å². The number of benzene rings is 3. The molecule has 1 N–H and O–H groups in total. The van der Waals surface area contributed by atoms with Crippen LogP contribution in [0.15, 0.2) is 60.7 Å². The zero-order valence-electron chi connectivity index (χ0n) is 19.6. The molecule has 1 atom stereocenters. The van der Waals surface area contributed by atoms with E-state index < -0.39 is 11.8 Å². The van der Waals surface area contributed by atoms with Crippen LogP contribution in [-0.2, 0) is 16.7 Å². The van der Waals surface area contributed by atoms with Gasteiger partial charge in [0, 0.05) is 23.5 Å². The van der Waals surface area contributed by atoms with Gasteiger partial charge in [0.25, 0.3) is 5.91 Å². The molecule has 2 aliphatic rings. The molecule has 1 aliphatic carbocycles. The lowest BCUT2D eigenvalue weighted by molar-refractivity contribution is 0.0600. The summed E-state index contributed by atoms with van der Waals surface area (Å²) < 4.78 is 19.5. The molecule has 0 radical (unpaired) electrons. The molecule has 0 bridgehead atoms. The van der Waals surface area contributed by atoms with E-state index in [1.54, 1.807) is 30.3 Å². The SMILES string of the molecule is COC(=O)c1ccc([C@H](C)NC(=O)c2cc(F)cc3c2N(Cc2cccc(Cl)c2)CC32CC2)cc1. The van der Waals surface area contributed by atoms with Gasteiger partial charge in [0.2, 0.25) is 0 Å². The quantitative estimate of drug-likeness (QED) is 0.441. The van der Waals surface area contributed by atoms with Gasteiger partial charge >= 0.3 is 5.97 Å². The summed E-state index contributed by atoms with van der Waals surface area (Å²) in [6.45, 7) is 3.20. The van der Waals surface area contributed by atoms with Crippen LogP contribution in [0, 0.1) is 5.82 Å². The highest BCUT2D eigenvalue weighted by Crippen LogP contribution is 2.57. The predicted molar refractivity (Wildman–Crippen MR) is 133 cm³/mol. The third kappa shape index (κ3) is 4.50. The Labute approximate surface area is 208 Å². The standard InChI is InChI=1S/C28H26ClFN2O3/c1-17(19-6-8-20(9-7-19)27(34)35-2)31-26(33)23-13-22(30)14-24-25(23)32(16-28(24)10-11-28)15-18-4-3-5-21(29)12-18/h3-9,12-14,17H,10-11,15-16H2,1-2H3,(H,31,33)/t17-/m0/s1. The number of hydrogen-bond donors (Lipinski definition) is 1. The molecule has 5 nitrogen and oxygen atoms in total. The number of nitrogens with zero attached hydrogens (tertiary/aromatic N) is 1. The molecule has 1 fully saturated rings. The van der Waals surface area contributed by atoms with Crippen LogP contribution in [0.4, 0.5) is 10.1 Å². The van der Waals surface area contributed by atoms with Crippen LogP contribution >= 0.6 is 11.6 Å². The molecular weight excluding hydrogens is 467 g/mol. The van der Waals surface area contributed by atoms with Gasteiger partial charge in [-0.2, -0.15) is 0 Å². The molecule has 7 heteroatoms. The Kier molecular flexibility index (Phi) is 6.01. The molecule has 0 aromatic heterocycles. The Bertz CT molecular complexity index is 1300. The lowest BCUT2D eigenvalue weighted by atomic mass is 9.95. The first kappa shape index (κ1) is 23.4. The number of carbonyl (C=O) groups is 2. The zero-order chi connectivity index (χ0) is 24.7. The maximum absolute atomic E-state index is 14.7. The minimum atomic E-state index is -0.419. The number of amides is 1. The number of halogens is 2. The summed E-state index contributed by atoms with van der Waals surface area (Å²) in [6, 6.07) is 17.1. The van der Waals surface area contributed by atoms with E-state index in [1.807, 2.05) is 31.2 Å². The largest absolute Gasteiger partial charge is 0.465 e. The van der Waals surface area contributed by atoms with Gasteiger partial charge < -0.3 is 15.0 Å². The van der Waals surface area contributed by atoms with Crippen molar-refractivity contribution in [3.8, 4) is 0 Å². The van der Waals surface area contributed by atoms with Crippen molar-refractivity contribution in [3.05, 3.63) is 99.3 Å². The van der Waals surface area contributed by atoms with Gasteiger partial charge in [-0.05, 0) is 72.9 Å². The monoisotopic (exact) mass is 492 g/mol. The van der Waals surface area contributed by atoms with Crippen LogP contribution in [0.25, 0.3) is 0 Å². The average Bonchev–Trinajstić information content (AvgIpc) is 3.56. The fourth-order valence-corrected chi connectivity index (χ4v) is 5.21. The van der Waals surface area contributed by atoms with Crippen LogP contribution in [0.3, 0.4) is 0 Å². The second-order valence-corrected chi connectivity index (χ2v) is 9.86. The van der Waals surface area contributed by atoms with Crippen LogP contribution in [-0.4, -0.2) is 25.5 Å². The van der Waals surface area contributed by atoms with Gasteiger partial charge in [0.1, 0.15) is 5.82 Å². The van der Waals surface area contributed by atoms with Gasteiger partial charge in [0.05, 0.1) is 30.0 Å². The molecule has 3 aromatic rings. The summed E-state index contributed by atoms with van der Waals surface area (Å²) in [6.07, 6.45) is 1.97.